The van der Waals surface area contributed by atoms with Gasteiger partial charge < -0.3 is 9.84 Å². The standard InChI is InChI=1S/C15H13BrFNO5S/c1-23-14-7-6-10(8-12(14)17)24(21,22)18(9-15(19)20)13-5-3-2-4-11(13)16/h2-8H,9H2,1H3,(H,19,20). The lowest BCUT2D eigenvalue weighted by atomic mass is 10.3. The van der Waals surface area contributed by atoms with Crippen LogP contribution in [0.4, 0.5) is 10.1 Å². The zero-order valence-corrected chi connectivity index (χ0v) is 14.8. The minimum Gasteiger partial charge on any atom is -0.494 e. The summed E-state index contributed by atoms with van der Waals surface area (Å²) in [7, 11) is -3.04. The molecular weight excluding hydrogens is 405 g/mol. The van der Waals surface area contributed by atoms with Crippen LogP contribution in [-0.4, -0.2) is 33.1 Å². The summed E-state index contributed by atoms with van der Waals surface area (Å²) in [4.78, 5) is 10.7. The lowest BCUT2D eigenvalue weighted by Crippen LogP contribution is -2.36. The van der Waals surface area contributed by atoms with Crippen molar-refractivity contribution in [2.45, 2.75) is 4.90 Å². The highest BCUT2D eigenvalue weighted by atomic mass is 79.9. The molecule has 0 atom stereocenters. The number of ether oxygens (including phenoxy) is 1. The Bertz CT molecular complexity index is 872. The number of aliphatic carboxylic acids is 1. The Hall–Kier alpha value is -2.13. The minimum atomic E-state index is -4.29. The number of carboxylic acids is 1. The van der Waals surface area contributed by atoms with Crippen LogP contribution in [0, 0.1) is 5.82 Å². The molecular formula is C15H13BrFNO5S. The third kappa shape index (κ3) is 3.68. The molecule has 2 rings (SSSR count). The van der Waals surface area contributed by atoms with Crippen LogP contribution >= 0.6 is 15.9 Å². The molecule has 0 bridgehead atoms. The highest BCUT2D eigenvalue weighted by molar-refractivity contribution is 9.10. The molecule has 0 aromatic heterocycles. The third-order valence-corrected chi connectivity index (χ3v) is 5.54. The summed E-state index contributed by atoms with van der Waals surface area (Å²) in [6.07, 6.45) is 0. The van der Waals surface area contributed by atoms with Crippen molar-refractivity contribution in [3.05, 3.63) is 52.8 Å². The van der Waals surface area contributed by atoms with Gasteiger partial charge in [-0.2, -0.15) is 0 Å². The van der Waals surface area contributed by atoms with Crippen LogP contribution in [-0.2, 0) is 14.8 Å². The van der Waals surface area contributed by atoms with E-state index < -0.39 is 28.4 Å². The van der Waals surface area contributed by atoms with Gasteiger partial charge in [0.05, 0.1) is 17.7 Å². The molecule has 0 aliphatic heterocycles. The van der Waals surface area contributed by atoms with E-state index >= 15 is 0 Å². The molecule has 0 radical (unpaired) electrons. The van der Waals surface area contributed by atoms with Gasteiger partial charge in [0, 0.05) is 4.47 Å². The van der Waals surface area contributed by atoms with Gasteiger partial charge >= 0.3 is 5.97 Å². The van der Waals surface area contributed by atoms with Crippen molar-refractivity contribution in [2.75, 3.05) is 18.0 Å². The summed E-state index contributed by atoms with van der Waals surface area (Å²) in [6, 6.07) is 9.37. The molecule has 0 saturated heterocycles. The maximum atomic E-state index is 13.9. The van der Waals surface area contributed by atoms with E-state index in [1.807, 2.05) is 0 Å². The number of nitrogens with zero attached hydrogens (tertiary/aromatic N) is 1. The molecule has 0 aliphatic carbocycles. The fourth-order valence-electron chi connectivity index (χ4n) is 2.01. The zero-order chi connectivity index (χ0) is 17.9. The number of sulfonamides is 1. The zero-order valence-electron chi connectivity index (χ0n) is 12.4. The Labute approximate surface area is 146 Å². The number of carboxylic acid groups (broad SMARTS) is 1. The molecule has 0 aliphatic rings. The van der Waals surface area contributed by atoms with Crippen molar-refractivity contribution in [3.8, 4) is 5.75 Å². The van der Waals surface area contributed by atoms with Crippen LogP contribution < -0.4 is 9.04 Å². The topological polar surface area (TPSA) is 83.9 Å². The second-order valence-electron chi connectivity index (χ2n) is 4.65. The fourth-order valence-corrected chi connectivity index (χ4v) is 4.07. The number of methoxy groups -OCH3 is 1. The van der Waals surface area contributed by atoms with E-state index in [0.717, 1.165) is 12.1 Å². The van der Waals surface area contributed by atoms with Gasteiger partial charge in [-0.05, 0) is 46.3 Å². The summed E-state index contributed by atoms with van der Waals surface area (Å²) >= 11 is 3.20. The van der Waals surface area contributed by atoms with Crippen molar-refractivity contribution < 1.29 is 27.4 Å². The molecule has 2 aromatic rings. The van der Waals surface area contributed by atoms with Crippen LogP contribution in [0.25, 0.3) is 0 Å². The van der Waals surface area contributed by atoms with E-state index in [1.54, 1.807) is 18.2 Å². The Morgan fingerprint density at radius 1 is 1.29 bits per heavy atom. The van der Waals surface area contributed by atoms with Gasteiger partial charge in [0.1, 0.15) is 6.54 Å². The predicted molar refractivity (Wildman–Crippen MR) is 89.3 cm³/mol. The number of hydrogen-bond donors (Lipinski definition) is 1. The molecule has 0 heterocycles. The van der Waals surface area contributed by atoms with Gasteiger partial charge in [0.2, 0.25) is 0 Å². The number of anilines is 1. The maximum Gasteiger partial charge on any atom is 0.324 e. The van der Waals surface area contributed by atoms with Gasteiger partial charge in [-0.15, -0.1) is 0 Å². The van der Waals surface area contributed by atoms with Crippen molar-refractivity contribution in [1.29, 1.82) is 0 Å². The van der Waals surface area contributed by atoms with E-state index in [4.69, 9.17) is 9.84 Å². The van der Waals surface area contributed by atoms with Crippen molar-refractivity contribution in [3.63, 3.8) is 0 Å². The third-order valence-electron chi connectivity index (χ3n) is 3.11. The van der Waals surface area contributed by atoms with Crippen molar-refractivity contribution >= 4 is 37.6 Å². The Balaban J connectivity index is 2.58. The monoisotopic (exact) mass is 417 g/mol. The van der Waals surface area contributed by atoms with Crippen molar-refractivity contribution in [2.24, 2.45) is 0 Å². The number of rotatable bonds is 6. The van der Waals surface area contributed by atoms with E-state index in [9.17, 15) is 17.6 Å². The van der Waals surface area contributed by atoms with Crippen molar-refractivity contribution in [1.82, 2.24) is 0 Å². The number of benzene rings is 2. The Morgan fingerprint density at radius 3 is 2.50 bits per heavy atom. The molecule has 0 fully saturated rings. The molecule has 0 amide bonds. The predicted octanol–water partition coefficient (Wildman–Crippen LogP) is 2.88. The van der Waals surface area contributed by atoms with Gasteiger partial charge in [0.25, 0.3) is 10.0 Å². The molecule has 6 nitrogen and oxygen atoms in total. The molecule has 0 unspecified atom stereocenters. The number of halogens is 2. The number of hydrogen-bond acceptors (Lipinski definition) is 4. The molecule has 0 spiro atoms. The van der Waals surface area contributed by atoms with E-state index in [1.165, 1.54) is 19.2 Å². The number of para-hydroxylation sites is 1. The normalized spacial score (nSPS) is 11.1. The van der Waals surface area contributed by atoms with E-state index in [0.29, 0.717) is 8.78 Å². The summed E-state index contributed by atoms with van der Waals surface area (Å²) in [5.41, 5.74) is 0.135. The molecule has 128 valence electrons. The summed E-state index contributed by atoms with van der Waals surface area (Å²) in [5.74, 6) is -2.32. The average Bonchev–Trinajstić information content (AvgIpc) is 2.53. The highest BCUT2D eigenvalue weighted by Crippen LogP contribution is 2.31. The van der Waals surface area contributed by atoms with Crippen LogP contribution in [0.3, 0.4) is 0 Å². The van der Waals surface area contributed by atoms with Gasteiger partial charge in [-0.3, -0.25) is 9.10 Å². The first-order chi connectivity index (χ1) is 11.3. The first-order valence-electron chi connectivity index (χ1n) is 6.60. The van der Waals surface area contributed by atoms with Crippen LogP contribution in [0.1, 0.15) is 0 Å². The summed E-state index contributed by atoms with van der Waals surface area (Å²) in [5, 5.41) is 9.07. The van der Waals surface area contributed by atoms with Crippen LogP contribution in [0.2, 0.25) is 0 Å². The van der Waals surface area contributed by atoms with E-state index in [2.05, 4.69) is 15.9 Å². The second kappa shape index (κ2) is 7.18. The molecule has 0 saturated carbocycles. The van der Waals surface area contributed by atoms with Gasteiger partial charge in [0.15, 0.2) is 11.6 Å². The number of carbonyl (C=O) groups is 1. The molecule has 9 heteroatoms. The second-order valence-corrected chi connectivity index (χ2v) is 7.37. The molecule has 24 heavy (non-hydrogen) atoms. The first-order valence-corrected chi connectivity index (χ1v) is 8.83. The maximum absolute atomic E-state index is 13.9. The summed E-state index contributed by atoms with van der Waals surface area (Å²) < 4.78 is 45.3. The summed E-state index contributed by atoms with van der Waals surface area (Å²) in [6.45, 7) is -0.807. The lowest BCUT2D eigenvalue weighted by molar-refractivity contribution is -0.135. The van der Waals surface area contributed by atoms with E-state index in [-0.39, 0.29) is 16.3 Å². The van der Waals surface area contributed by atoms with Crippen LogP contribution in [0.5, 0.6) is 5.75 Å². The highest BCUT2D eigenvalue weighted by Gasteiger charge is 2.29. The Kier molecular flexibility index (Phi) is 5.45. The SMILES string of the molecule is COc1ccc(S(=O)(=O)N(CC(=O)O)c2ccccc2Br)cc1F. The quantitative estimate of drug-likeness (QED) is 0.780. The average molecular weight is 418 g/mol. The first kappa shape index (κ1) is 18.2. The smallest absolute Gasteiger partial charge is 0.324 e. The minimum absolute atomic E-state index is 0.111. The van der Waals surface area contributed by atoms with Gasteiger partial charge in [-0.1, -0.05) is 12.1 Å². The molecule has 2 aromatic carbocycles. The lowest BCUT2D eigenvalue weighted by Gasteiger charge is -2.24. The largest absolute Gasteiger partial charge is 0.494 e. The van der Waals surface area contributed by atoms with Crippen LogP contribution in [0.15, 0.2) is 51.8 Å². The molecule has 1 N–H and O–H groups in total. The Morgan fingerprint density at radius 2 is 1.96 bits per heavy atom. The van der Waals surface area contributed by atoms with Gasteiger partial charge in [-0.25, -0.2) is 12.8 Å². The fraction of sp³-hybridized carbons (Fsp3) is 0.133.